The lowest BCUT2D eigenvalue weighted by molar-refractivity contribution is 0.0694. The number of nitrogens with zero attached hydrogens (tertiary/aromatic N) is 3. The number of anilines is 1. The van der Waals surface area contributed by atoms with Crippen LogP contribution in [0.2, 0.25) is 0 Å². The van der Waals surface area contributed by atoms with E-state index in [2.05, 4.69) is 29.1 Å². The number of aliphatic hydroxyl groups is 1. The summed E-state index contributed by atoms with van der Waals surface area (Å²) in [4.78, 5) is 23.1. The quantitative estimate of drug-likeness (QED) is 0.756. The van der Waals surface area contributed by atoms with Gasteiger partial charge in [-0.05, 0) is 12.3 Å². The fourth-order valence-corrected chi connectivity index (χ4v) is 2.74. The zero-order valence-electron chi connectivity index (χ0n) is 14.3. The van der Waals surface area contributed by atoms with Crippen molar-refractivity contribution >= 4 is 11.7 Å². The van der Waals surface area contributed by atoms with Gasteiger partial charge >= 0.3 is 0 Å². The zero-order valence-corrected chi connectivity index (χ0v) is 14.3. The summed E-state index contributed by atoms with van der Waals surface area (Å²) in [5.74, 6) is 1.65. The van der Waals surface area contributed by atoms with Gasteiger partial charge in [0.1, 0.15) is 17.3 Å². The number of rotatable bonds is 7. The van der Waals surface area contributed by atoms with E-state index in [0.29, 0.717) is 43.4 Å². The van der Waals surface area contributed by atoms with E-state index in [1.165, 1.54) is 0 Å². The maximum atomic E-state index is 12.1. The molecule has 0 aliphatic carbocycles. The Morgan fingerprint density at radius 1 is 1.39 bits per heavy atom. The fourth-order valence-electron chi connectivity index (χ4n) is 2.74. The van der Waals surface area contributed by atoms with Crippen molar-refractivity contribution in [2.75, 3.05) is 38.8 Å². The first-order valence-electron chi connectivity index (χ1n) is 7.98. The van der Waals surface area contributed by atoms with Crippen LogP contribution in [-0.2, 0) is 17.6 Å². The van der Waals surface area contributed by atoms with E-state index in [1.54, 1.807) is 7.11 Å². The number of aromatic nitrogens is 2. The number of nitrogens with one attached hydrogen (secondary N) is 1. The highest BCUT2D eigenvalue weighted by atomic mass is 16.5. The smallest absolute Gasteiger partial charge is 0.270 e. The summed E-state index contributed by atoms with van der Waals surface area (Å²) in [5.41, 5.74) is 1.32. The average molecular weight is 322 g/mol. The lowest BCUT2D eigenvalue weighted by Crippen LogP contribution is -2.38. The maximum absolute atomic E-state index is 12.1. The maximum Gasteiger partial charge on any atom is 0.270 e. The number of ether oxygens (including phenoxy) is 1. The van der Waals surface area contributed by atoms with Crippen LogP contribution in [0.3, 0.4) is 0 Å². The van der Waals surface area contributed by atoms with Gasteiger partial charge in [-0.25, -0.2) is 9.97 Å². The number of amides is 1. The van der Waals surface area contributed by atoms with Gasteiger partial charge in [0, 0.05) is 39.2 Å². The van der Waals surface area contributed by atoms with Gasteiger partial charge in [0.25, 0.3) is 5.91 Å². The minimum absolute atomic E-state index is 0.147. The number of likely N-dealkylation sites (N-methyl/N-ethyl adjacent to an activating group) is 1. The van der Waals surface area contributed by atoms with Crippen molar-refractivity contribution in [3.63, 3.8) is 0 Å². The molecule has 0 saturated heterocycles. The summed E-state index contributed by atoms with van der Waals surface area (Å²) < 4.78 is 4.97. The van der Waals surface area contributed by atoms with Crippen molar-refractivity contribution in [1.29, 1.82) is 0 Å². The number of carbonyl (C=O) groups is 1. The summed E-state index contributed by atoms with van der Waals surface area (Å²) >= 11 is 0. The van der Waals surface area contributed by atoms with Crippen LogP contribution < -0.4 is 10.2 Å². The summed E-state index contributed by atoms with van der Waals surface area (Å²) in [6, 6.07) is 0. The molecule has 0 saturated carbocycles. The Labute approximate surface area is 137 Å². The molecule has 1 unspecified atom stereocenters. The fraction of sp³-hybridized carbons (Fsp3) is 0.688. The first kappa shape index (κ1) is 17.6. The normalized spacial score (nSPS) is 15.3. The van der Waals surface area contributed by atoms with Crippen molar-refractivity contribution in [2.24, 2.45) is 5.92 Å². The van der Waals surface area contributed by atoms with Crippen LogP contribution in [0.4, 0.5) is 5.82 Å². The van der Waals surface area contributed by atoms with E-state index in [9.17, 15) is 9.90 Å². The molecule has 2 heterocycles. The first-order chi connectivity index (χ1) is 10.9. The van der Waals surface area contributed by atoms with Gasteiger partial charge in [-0.1, -0.05) is 13.8 Å². The van der Waals surface area contributed by atoms with Gasteiger partial charge in [-0.2, -0.15) is 0 Å². The lowest BCUT2D eigenvalue weighted by Gasteiger charge is -2.27. The minimum atomic E-state index is -0.610. The third-order valence-electron chi connectivity index (χ3n) is 3.70. The second kappa shape index (κ2) is 7.70. The Hall–Kier alpha value is -1.73. The SMILES string of the molecule is COCC(O)CN(C)c1nc(CC(C)C)nc2c1CCNC2=O. The van der Waals surface area contributed by atoms with Crippen molar-refractivity contribution in [1.82, 2.24) is 15.3 Å². The van der Waals surface area contributed by atoms with E-state index in [1.807, 2.05) is 11.9 Å². The lowest BCUT2D eigenvalue weighted by atomic mass is 10.0. The predicted molar refractivity (Wildman–Crippen MR) is 87.8 cm³/mol. The summed E-state index contributed by atoms with van der Waals surface area (Å²) in [5, 5.41) is 12.8. The van der Waals surface area contributed by atoms with Crippen LogP contribution in [-0.4, -0.2) is 60.9 Å². The predicted octanol–water partition coefficient (Wildman–Crippen LogP) is 0.405. The Bertz CT molecular complexity index is 563. The molecule has 128 valence electrons. The van der Waals surface area contributed by atoms with Crippen molar-refractivity contribution in [2.45, 2.75) is 32.8 Å². The molecule has 1 aromatic heterocycles. The third-order valence-corrected chi connectivity index (χ3v) is 3.70. The molecule has 7 nitrogen and oxygen atoms in total. The zero-order chi connectivity index (χ0) is 17.0. The van der Waals surface area contributed by atoms with E-state index < -0.39 is 6.10 Å². The standard InChI is InChI=1S/C16H26N4O3/c1-10(2)7-13-18-14-12(5-6-17-16(14)22)15(19-13)20(3)8-11(21)9-23-4/h10-11,21H,5-9H2,1-4H3,(H,17,22). The van der Waals surface area contributed by atoms with Crippen LogP contribution in [0.1, 0.15) is 35.7 Å². The van der Waals surface area contributed by atoms with Crippen LogP contribution in [0.5, 0.6) is 0 Å². The van der Waals surface area contributed by atoms with Gasteiger partial charge < -0.3 is 20.1 Å². The highest BCUT2D eigenvalue weighted by Crippen LogP contribution is 2.24. The van der Waals surface area contributed by atoms with E-state index in [-0.39, 0.29) is 12.5 Å². The van der Waals surface area contributed by atoms with Crippen molar-refractivity contribution in [3.8, 4) is 0 Å². The second-order valence-electron chi connectivity index (χ2n) is 6.38. The third kappa shape index (κ3) is 4.39. The highest BCUT2D eigenvalue weighted by molar-refractivity contribution is 5.96. The summed E-state index contributed by atoms with van der Waals surface area (Å²) in [7, 11) is 3.42. The number of hydrogen-bond acceptors (Lipinski definition) is 6. The monoisotopic (exact) mass is 322 g/mol. The highest BCUT2D eigenvalue weighted by Gasteiger charge is 2.26. The van der Waals surface area contributed by atoms with E-state index in [0.717, 1.165) is 11.4 Å². The van der Waals surface area contributed by atoms with Crippen molar-refractivity contribution in [3.05, 3.63) is 17.1 Å². The van der Waals surface area contributed by atoms with Gasteiger partial charge in [0.2, 0.25) is 0 Å². The van der Waals surface area contributed by atoms with E-state index in [4.69, 9.17) is 4.74 Å². The average Bonchev–Trinajstić information content (AvgIpc) is 2.47. The summed E-state index contributed by atoms with van der Waals surface area (Å²) in [6.07, 6.45) is 0.798. The molecule has 0 fully saturated rings. The Balaban J connectivity index is 2.35. The molecule has 0 radical (unpaired) electrons. The number of fused-ring (bicyclic) bond motifs is 1. The topological polar surface area (TPSA) is 87.6 Å². The first-order valence-corrected chi connectivity index (χ1v) is 7.98. The van der Waals surface area contributed by atoms with Gasteiger partial charge in [-0.3, -0.25) is 4.79 Å². The molecular weight excluding hydrogens is 296 g/mol. The number of aliphatic hydroxyl groups excluding tert-OH is 1. The molecule has 1 aromatic rings. The Morgan fingerprint density at radius 3 is 2.78 bits per heavy atom. The van der Waals surface area contributed by atoms with Gasteiger partial charge in [-0.15, -0.1) is 0 Å². The molecular formula is C16H26N4O3. The molecule has 2 N–H and O–H groups in total. The molecule has 0 bridgehead atoms. The Kier molecular flexibility index (Phi) is 5.90. The molecule has 2 rings (SSSR count). The molecule has 0 spiro atoms. The number of carbonyl (C=O) groups excluding carboxylic acids is 1. The Morgan fingerprint density at radius 2 is 2.13 bits per heavy atom. The van der Waals surface area contributed by atoms with Crippen LogP contribution in [0, 0.1) is 5.92 Å². The summed E-state index contributed by atoms with van der Waals surface area (Å²) in [6.45, 7) is 5.42. The van der Waals surface area contributed by atoms with Crippen LogP contribution in [0.15, 0.2) is 0 Å². The van der Waals surface area contributed by atoms with E-state index >= 15 is 0 Å². The molecule has 0 aromatic carbocycles. The number of methoxy groups -OCH3 is 1. The molecule has 1 aliphatic rings. The largest absolute Gasteiger partial charge is 0.389 e. The minimum Gasteiger partial charge on any atom is -0.389 e. The molecule has 7 heteroatoms. The van der Waals surface area contributed by atoms with Gasteiger partial charge in [0.05, 0.1) is 12.7 Å². The molecule has 1 aliphatic heterocycles. The molecule has 1 atom stereocenters. The van der Waals surface area contributed by atoms with Crippen LogP contribution in [0.25, 0.3) is 0 Å². The number of hydrogen-bond donors (Lipinski definition) is 2. The van der Waals surface area contributed by atoms with Crippen molar-refractivity contribution < 1.29 is 14.6 Å². The second-order valence-corrected chi connectivity index (χ2v) is 6.38. The molecule has 1 amide bonds. The van der Waals surface area contributed by atoms with Crippen LogP contribution >= 0.6 is 0 Å². The van der Waals surface area contributed by atoms with Gasteiger partial charge in [0.15, 0.2) is 0 Å². The molecule has 23 heavy (non-hydrogen) atoms.